The van der Waals surface area contributed by atoms with Crippen LogP contribution in [0, 0.1) is 0 Å². The molecule has 36 heavy (non-hydrogen) atoms. The maximum absolute atomic E-state index is 5.86. The van der Waals surface area contributed by atoms with E-state index in [0.717, 1.165) is 49.3 Å². The van der Waals surface area contributed by atoms with Gasteiger partial charge in [0.05, 0.1) is 19.4 Å². The Labute approximate surface area is 206 Å². The first-order valence-corrected chi connectivity index (χ1v) is 11.7. The normalized spacial score (nSPS) is 14.2. The summed E-state index contributed by atoms with van der Waals surface area (Å²) < 4.78 is 16.1. The Bertz CT molecular complexity index is 1460. The average Bonchev–Trinajstić information content (AvgIpc) is 3.38. The SMILES string of the molecule is c1ccc2c(Nc3nc4nonc4nc3Nc3ccc(OCCN4CCOCC4)cn3)cccc2c1. The minimum Gasteiger partial charge on any atom is -0.491 e. The molecule has 4 heterocycles. The van der Waals surface area contributed by atoms with Crippen LogP contribution in [0.25, 0.3) is 22.1 Å². The number of morpholine rings is 1. The van der Waals surface area contributed by atoms with Gasteiger partial charge in [0.25, 0.3) is 0 Å². The fraction of sp³-hybridized carbons (Fsp3) is 0.240. The van der Waals surface area contributed by atoms with Crippen molar-refractivity contribution in [2.45, 2.75) is 0 Å². The number of fused-ring (bicyclic) bond motifs is 2. The van der Waals surface area contributed by atoms with Crippen LogP contribution in [0.2, 0.25) is 0 Å². The van der Waals surface area contributed by atoms with Gasteiger partial charge in [0.2, 0.25) is 11.3 Å². The molecule has 1 saturated heterocycles. The van der Waals surface area contributed by atoms with Gasteiger partial charge in [0.1, 0.15) is 18.2 Å². The number of rotatable bonds is 8. The van der Waals surface area contributed by atoms with E-state index in [1.807, 2.05) is 42.5 Å². The summed E-state index contributed by atoms with van der Waals surface area (Å²) in [7, 11) is 0. The molecule has 11 nitrogen and oxygen atoms in total. The minimum absolute atomic E-state index is 0.295. The molecule has 2 N–H and O–H groups in total. The molecular formula is C25H24N8O3. The van der Waals surface area contributed by atoms with E-state index in [1.54, 1.807) is 6.20 Å². The van der Waals surface area contributed by atoms with E-state index >= 15 is 0 Å². The first-order valence-electron chi connectivity index (χ1n) is 11.7. The number of nitrogens with zero attached hydrogens (tertiary/aromatic N) is 6. The number of ether oxygens (including phenoxy) is 2. The van der Waals surface area contributed by atoms with Crippen LogP contribution in [0.15, 0.2) is 65.4 Å². The molecule has 0 bridgehead atoms. The third-order valence-corrected chi connectivity index (χ3v) is 5.92. The lowest BCUT2D eigenvalue weighted by Gasteiger charge is -2.26. The smallest absolute Gasteiger partial charge is 0.245 e. The van der Waals surface area contributed by atoms with Gasteiger partial charge in [-0.3, -0.25) is 4.90 Å². The largest absolute Gasteiger partial charge is 0.491 e. The van der Waals surface area contributed by atoms with Gasteiger partial charge in [-0.15, -0.1) is 0 Å². The molecule has 0 saturated carbocycles. The van der Waals surface area contributed by atoms with Gasteiger partial charge in [-0.2, -0.15) is 0 Å². The number of benzene rings is 2. The molecule has 182 valence electrons. The molecule has 0 unspecified atom stereocenters. The maximum Gasteiger partial charge on any atom is 0.245 e. The topological polar surface area (TPSA) is 123 Å². The molecule has 0 amide bonds. The fourth-order valence-corrected chi connectivity index (χ4v) is 4.05. The summed E-state index contributed by atoms with van der Waals surface area (Å²) in [6.45, 7) is 4.87. The van der Waals surface area contributed by atoms with Crippen LogP contribution in [-0.2, 0) is 4.74 Å². The number of nitrogens with one attached hydrogen (secondary N) is 2. The molecule has 0 aliphatic carbocycles. The van der Waals surface area contributed by atoms with Gasteiger partial charge >= 0.3 is 0 Å². The van der Waals surface area contributed by atoms with Crippen LogP contribution in [0.3, 0.4) is 0 Å². The van der Waals surface area contributed by atoms with Crippen LogP contribution >= 0.6 is 0 Å². The molecule has 1 aliphatic rings. The van der Waals surface area contributed by atoms with Gasteiger partial charge in [-0.05, 0) is 33.9 Å². The number of aromatic nitrogens is 5. The van der Waals surface area contributed by atoms with Gasteiger partial charge in [-0.25, -0.2) is 19.6 Å². The van der Waals surface area contributed by atoms with Crippen molar-refractivity contribution in [1.29, 1.82) is 0 Å². The summed E-state index contributed by atoms with van der Waals surface area (Å²) in [6.07, 6.45) is 1.68. The van der Waals surface area contributed by atoms with Crippen LogP contribution in [0.5, 0.6) is 5.75 Å². The first kappa shape index (κ1) is 22.1. The van der Waals surface area contributed by atoms with Crippen molar-refractivity contribution in [1.82, 2.24) is 30.2 Å². The van der Waals surface area contributed by atoms with E-state index in [4.69, 9.17) is 14.1 Å². The molecule has 6 rings (SSSR count). The zero-order chi connectivity index (χ0) is 24.2. The average molecular weight is 485 g/mol. The van der Waals surface area contributed by atoms with Crippen molar-refractivity contribution in [3.8, 4) is 5.75 Å². The predicted molar refractivity (Wildman–Crippen MR) is 135 cm³/mol. The molecule has 1 aliphatic heterocycles. The molecule has 0 spiro atoms. The van der Waals surface area contributed by atoms with E-state index in [0.29, 0.717) is 41.1 Å². The van der Waals surface area contributed by atoms with Crippen molar-refractivity contribution in [3.63, 3.8) is 0 Å². The van der Waals surface area contributed by atoms with Crippen molar-refractivity contribution >= 4 is 45.2 Å². The number of hydrogen-bond donors (Lipinski definition) is 2. The quantitative estimate of drug-likeness (QED) is 0.335. The Morgan fingerprint density at radius 1 is 0.861 bits per heavy atom. The highest BCUT2D eigenvalue weighted by atomic mass is 16.6. The molecule has 0 atom stereocenters. The van der Waals surface area contributed by atoms with Crippen molar-refractivity contribution in [2.24, 2.45) is 0 Å². The van der Waals surface area contributed by atoms with Gasteiger partial charge in [-0.1, -0.05) is 36.4 Å². The summed E-state index contributed by atoms with van der Waals surface area (Å²) in [5, 5.41) is 16.4. The number of pyridine rings is 1. The lowest BCUT2D eigenvalue weighted by Crippen LogP contribution is -2.38. The second kappa shape index (κ2) is 10.1. The molecule has 0 radical (unpaired) electrons. The molecular weight excluding hydrogens is 460 g/mol. The molecule has 3 aromatic heterocycles. The monoisotopic (exact) mass is 484 g/mol. The predicted octanol–water partition coefficient (Wildman–Crippen LogP) is 3.76. The Morgan fingerprint density at radius 2 is 1.64 bits per heavy atom. The Kier molecular flexibility index (Phi) is 6.21. The summed E-state index contributed by atoms with van der Waals surface area (Å²) in [5.74, 6) is 2.20. The highest BCUT2D eigenvalue weighted by Gasteiger charge is 2.15. The lowest BCUT2D eigenvalue weighted by molar-refractivity contribution is 0.0322. The van der Waals surface area contributed by atoms with Gasteiger partial charge in [0.15, 0.2) is 11.6 Å². The first-order chi connectivity index (χ1) is 17.8. The van der Waals surface area contributed by atoms with E-state index in [1.165, 1.54) is 0 Å². The summed E-state index contributed by atoms with van der Waals surface area (Å²) in [4.78, 5) is 15.9. The second-order valence-electron chi connectivity index (χ2n) is 8.29. The minimum atomic E-state index is 0.295. The molecule has 2 aromatic carbocycles. The van der Waals surface area contributed by atoms with Crippen LogP contribution in [-0.4, -0.2) is 69.6 Å². The van der Waals surface area contributed by atoms with E-state index in [-0.39, 0.29) is 0 Å². The van der Waals surface area contributed by atoms with E-state index < -0.39 is 0 Å². The van der Waals surface area contributed by atoms with Crippen LogP contribution in [0.1, 0.15) is 0 Å². The maximum atomic E-state index is 5.86. The zero-order valence-electron chi connectivity index (χ0n) is 19.4. The van der Waals surface area contributed by atoms with Crippen LogP contribution < -0.4 is 15.4 Å². The Morgan fingerprint density at radius 3 is 2.44 bits per heavy atom. The molecule has 5 aromatic rings. The number of hydrogen-bond acceptors (Lipinski definition) is 11. The highest BCUT2D eigenvalue weighted by Crippen LogP contribution is 2.30. The lowest BCUT2D eigenvalue weighted by atomic mass is 10.1. The third-order valence-electron chi connectivity index (χ3n) is 5.92. The fourth-order valence-electron chi connectivity index (χ4n) is 4.05. The second-order valence-corrected chi connectivity index (χ2v) is 8.29. The van der Waals surface area contributed by atoms with E-state index in [2.05, 4.69) is 52.9 Å². The van der Waals surface area contributed by atoms with Crippen molar-refractivity contribution in [2.75, 3.05) is 50.1 Å². The Hall–Kier alpha value is -4.35. The summed E-state index contributed by atoms with van der Waals surface area (Å²) >= 11 is 0. The zero-order valence-corrected chi connectivity index (χ0v) is 19.4. The van der Waals surface area contributed by atoms with Gasteiger partial charge < -0.3 is 20.1 Å². The summed E-state index contributed by atoms with van der Waals surface area (Å²) in [6, 6.07) is 17.9. The number of anilines is 4. The van der Waals surface area contributed by atoms with Gasteiger partial charge in [0, 0.05) is 30.7 Å². The standard InChI is InChI=1S/C25H24N8O3/c1-2-6-19-17(4-1)5-3-7-20(19)27-22-23(30-25-24(29-22)31-36-32-25)28-21-9-8-18(16-26-21)35-15-12-33-10-13-34-14-11-33/h1-9,16H,10-15H2,(H,27,29,31)(H,26,28,30,32). The molecule has 1 fully saturated rings. The Balaban J connectivity index is 1.20. The summed E-state index contributed by atoms with van der Waals surface area (Å²) in [5.41, 5.74) is 1.49. The van der Waals surface area contributed by atoms with Crippen LogP contribution in [0.4, 0.5) is 23.1 Å². The van der Waals surface area contributed by atoms with Crippen molar-refractivity contribution in [3.05, 3.63) is 60.8 Å². The third kappa shape index (κ3) is 4.88. The van der Waals surface area contributed by atoms with Crippen molar-refractivity contribution < 1.29 is 14.1 Å². The van der Waals surface area contributed by atoms with E-state index in [9.17, 15) is 0 Å². The highest BCUT2D eigenvalue weighted by molar-refractivity contribution is 5.96. The molecule has 11 heteroatoms.